The third-order valence-corrected chi connectivity index (χ3v) is 1.33. The highest BCUT2D eigenvalue weighted by Crippen LogP contribution is 2.09. The number of rotatable bonds is 4. The lowest BCUT2D eigenvalue weighted by molar-refractivity contribution is -0.141. The van der Waals surface area contributed by atoms with E-state index in [4.69, 9.17) is 5.11 Å². The molecular formula is C7H13O2. The second kappa shape index (κ2) is 4.36. The minimum absolute atomic E-state index is 0.227. The zero-order valence-corrected chi connectivity index (χ0v) is 5.76. The summed E-state index contributed by atoms with van der Waals surface area (Å²) in [4.78, 5) is 10.3. The average molecular weight is 129 g/mol. The topological polar surface area (TPSA) is 37.3 Å². The first-order valence-corrected chi connectivity index (χ1v) is 3.24. The summed E-state index contributed by atoms with van der Waals surface area (Å²) in [5.74, 6) is -0.943. The van der Waals surface area contributed by atoms with Crippen LogP contribution in [0.1, 0.15) is 26.2 Å². The van der Waals surface area contributed by atoms with Gasteiger partial charge in [-0.1, -0.05) is 20.3 Å². The van der Waals surface area contributed by atoms with Gasteiger partial charge < -0.3 is 5.11 Å². The Labute approximate surface area is 55.9 Å². The number of hydrogen-bond donors (Lipinski definition) is 1. The molecule has 1 N–H and O–H groups in total. The molecule has 0 aromatic rings. The second-order valence-electron chi connectivity index (χ2n) is 2.11. The average Bonchev–Trinajstić information content (AvgIpc) is 1.82. The molecule has 0 spiro atoms. The highest BCUT2D eigenvalue weighted by Gasteiger charge is 2.12. The van der Waals surface area contributed by atoms with E-state index in [1.165, 1.54) is 0 Å². The van der Waals surface area contributed by atoms with Crippen LogP contribution in [-0.2, 0) is 4.79 Å². The second-order valence-corrected chi connectivity index (χ2v) is 2.11. The van der Waals surface area contributed by atoms with Gasteiger partial charge in [0.05, 0.1) is 5.92 Å². The van der Waals surface area contributed by atoms with Crippen LogP contribution >= 0.6 is 0 Å². The molecule has 1 radical (unpaired) electrons. The molecule has 1 unspecified atom stereocenters. The van der Waals surface area contributed by atoms with Gasteiger partial charge in [0.2, 0.25) is 0 Å². The summed E-state index contributed by atoms with van der Waals surface area (Å²) in [6.07, 6.45) is 2.18. The summed E-state index contributed by atoms with van der Waals surface area (Å²) in [6.45, 7) is 5.52. The lowest BCUT2D eigenvalue weighted by atomic mass is 10.0. The van der Waals surface area contributed by atoms with Gasteiger partial charge in [0.1, 0.15) is 0 Å². The van der Waals surface area contributed by atoms with Crippen molar-refractivity contribution in [2.24, 2.45) is 5.92 Å². The molecule has 0 amide bonds. The third-order valence-electron chi connectivity index (χ3n) is 1.33. The van der Waals surface area contributed by atoms with Gasteiger partial charge in [0, 0.05) is 0 Å². The van der Waals surface area contributed by atoms with Crippen molar-refractivity contribution in [3.05, 3.63) is 6.92 Å². The highest BCUT2D eigenvalue weighted by molar-refractivity contribution is 5.69. The summed E-state index contributed by atoms with van der Waals surface area (Å²) < 4.78 is 0. The largest absolute Gasteiger partial charge is 0.481 e. The van der Waals surface area contributed by atoms with E-state index in [1.54, 1.807) is 0 Å². The van der Waals surface area contributed by atoms with Crippen molar-refractivity contribution < 1.29 is 9.90 Å². The zero-order chi connectivity index (χ0) is 7.28. The van der Waals surface area contributed by atoms with Crippen LogP contribution in [-0.4, -0.2) is 11.1 Å². The highest BCUT2D eigenvalue weighted by atomic mass is 16.4. The summed E-state index contributed by atoms with van der Waals surface area (Å²) >= 11 is 0. The van der Waals surface area contributed by atoms with Crippen LogP contribution < -0.4 is 0 Å². The van der Waals surface area contributed by atoms with Gasteiger partial charge >= 0.3 is 5.97 Å². The van der Waals surface area contributed by atoms with E-state index in [9.17, 15) is 4.79 Å². The van der Waals surface area contributed by atoms with Crippen LogP contribution in [0.3, 0.4) is 0 Å². The molecule has 0 saturated carbocycles. The molecule has 0 aromatic carbocycles. The van der Waals surface area contributed by atoms with Gasteiger partial charge in [0.15, 0.2) is 0 Å². The normalized spacial score (nSPS) is 13.1. The van der Waals surface area contributed by atoms with Crippen molar-refractivity contribution in [3.63, 3.8) is 0 Å². The Morgan fingerprint density at radius 1 is 1.78 bits per heavy atom. The maximum Gasteiger partial charge on any atom is 0.306 e. The number of carboxylic acids is 1. The fourth-order valence-corrected chi connectivity index (χ4v) is 0.740. The fourth-order valence-electron chi connectivity index (χ4n) is 0.740. The van der Waals surface area contributed by atoms with E-state index in [1.807, 2.05) is 6.92 Å². The predicted octanol–water partition coefficient (Wildman–Crippen LogP) is 1.71. The Morgan fingerprint density at radius 2 is 2.33 bits per heavy atom. The molecule has 2 heteroatoms. The van der Waals surface area contributed by atoms with E-state index >= 15 is 0 Å². The van der Waals surface area contributed by atoms with Crippen molar-refractivity contribution in [1.29, 1.82) is 0 Å². The maximum absolute atomic E-state index is 10.3. The molecule has 2 nitrogen and oxygen atoms in total. The Bertz CT molecular complexity index is 88.9. The molecule has 0 heterocycles. The molecule has 0 fully saturated rings. The maximum atomic E-state index is 10.3. The van der Waals surface area contributed by atoms with Crippen LogP contribution in [0.2, 0.25) is 0 Å². The van der Waals surface area contributed by atoms with Crippen LogP contribution in [0.5, 0.6) is 0 Å². The third kappa shape index (κ3) is 3.12. The van der Waals surface area contributed by atoms with Crippen LogP contribution in [0.4, 0.5) is 0 Å². The van der Waals surface area contributed by atoms with Gasteiger partial charge in [0.25, 0.3) is 0 Å². The van der Waals surface area contributed by atoms with E-state index in [-0.39, 0.29) is 5.92 Å². The summed E-state index contributed by atoms with van der Waals surface area (Å²) in [6, 6.07) is 0. The molecular weight excluding hydrogens is 116 g/mol. The quantitative estimate of drug-likeness (QED) is 0.627. The van der Waals surface area contributed by atoms with E-state index in [2.05, 4.69) is 6.92 Å². The Balaban J connectivity index is 3.54. The number of hydrogen-bond acceptors (Lipinski definition) is 1. The smallest absolute Gasteiger partial charge is 0.306 e. The van der Waals surface area contributed by atoms with Crippen LogP contribution in [0.25, 0.3) is 0 Å². The first-order valence-electron chi connectivity index (χ1n) is 3.24. The van der Waals surface area contributed by atoms with Gasteiger partial charge in [-0.3, -0.25) is 4.79 Å². The van der Waals surface area contributed by atoms with Crippen LogP contribution in [0.15, 0.2) is 0 Å². The number of carbonyl (C=O) groups is 1. The summed E-state index contributed by atoms with van der Waals surface area (Å²) in [5.41, 5.74) is 0. The molecule has 0 saturated heterocycles. The molecule has 0 aliphatic heterocycles. The predicted molar refractivity (Wildman–Crippen MR) is 36.0 cm³/mol. The first-order chi connectivity index (χ1) is 4.22. The lowest BCUT2D eigenvalue weighted by Crippen LogP contribution is -2.11. The van der Waals surface area contributed by atoms with Crippen molar-refractivity contribution in [2.75, 3.05) is 0 Å². The number of carboxylic acid groups (broad SMARTS) is 1. The SMILES string of the molecule is [CH2]CC(CCC)C(=O)O. The van der Waals surface area contributed by atoms with E-state index in [0.29, 0.717) is 6.42 Å². The molecule has 0 aliphatic rings. The fraction of sp³-hybridized carbons (Fsp3) is 0.714. The number of aliphatic carboxylic acids is 1. The van der Waals surface area contributed by atoms with Crippen molar-refractivity contribution in [3.8, 4) is 0 Å². The summed E-state index contributed by atoms with van der Waals surface area (Å²) in [7, 11) is 0. The van der Waals surface area contributed by atoms with Crippen LogP contribution in [0, 0.1) is 12.8 Å². The van der Waals surface area contributed by atoms with Crippen molar-refractivity contribution >= 4 is 5.97 Å². The minimum atomic E-state index is -0.716. The Morgan fingerprint density at radius 3 is 2.44 bits per heavy atom. The monoisotopic (exact) mass is 129 g/mol. The van der Waals surface area contributed by atoms with Gasteiger partial charge in [-0.05, 0) is 12.8 Å². The molecule has 0 bridgehead atoms. The Kier molecular flexibility index (Phi) is 4.10. The van der Waals surface area contributed by atoms with Crippen molar-refractivity contribution in [2.45, 2.75) is 26.2 Å². The van der Waals surface area contributed by atoms with Gasteiger partial charge in [-0.2, -0.15) is 0 Å². The first kappa shape index (κ1) is 8.47. The molecule has 0 aliphatic carbocycles. The molecule has 0 rings (SSSR count). The molecule has 53 valence electrons. The summed E-state index contributed by atoms with van der Waals surface area (Å²) in [5, 5.41) is 8.46. The lowest BCUT2D eigenvalue weighted by Gasteiger charge is -2.05. The molecule has 0 aromatic heterocycles. The molecule has 1 atom stereocenters. The van der Waals surface area contributed by atoms with Gasteiger partial charge in [-0.15, -0.1) is 0 Å². The van der Waals surface area contributed by atoms with Gasteiger partial charge in [-0.25, -0.2) is 0 Å². The standard InChI is InChI=1S/C7H13O2/c1-3-5-6(4-2)7(8)9/h6H,2-5H2,1H3,(H,8,9). The Hall–Kier alpha value is -0.530. The minimum Gasteiger partial charge on any atom is -0.481 e. The van der Waals surface area contributed by atoms with E-state index in [0.717, 1.165) is 12.8 Å². The van der Waals surface area contributed by atoms with Crippen molar-refractivity contribution in [1.82, 2.24) is 0 Å². The molecule has 9 heavy (non-hydrogen) atoms. The van der Waals surface area contributed by atoms with E-state index < -0.39 is 5.97 Å². The zero-order valence-electron chi connectivity index (χ0n) is 5.76.